The molecule has 0 radical (unpaired) electrons. The first-order chi connectivity index (χ1) is 11.5. The summed E-state index contributed by atoms with van der Waals surface area (Å²) in [7, 11) is 1.33. The lowest BCUT2D eigenvalue weighted by Crippen LogP contribution is -2.20. The lowest BCUT2D eigenvalue weighted by Gasteiger charge is -2.08. The van der Waals surface area contributed by atoms with Gasteiger partial charge < -0.3 is 14.8 Å². The molecule has 0 bridgehead atoms. The Balaban J connectivity index is 1.85. The zero-order chi connectivity index (χ0) is 17.5. The number of esters is 1. The molecule has 2 aromatic carbocycles. The summed E-state index contributed by atoms with van der Waals surface area (Å²) in [5.74, 6) is -0.814. The molecule has 5 nitrogen and oxygen atoms in total. The van der Waals surface area contributed by atoms with E-state index in [4.69, 9.17) is 16.3 Å². The van der Waals surface area contributed by atoms with E-state index in [9.17, 15) is 14.0 Å². The van der Waals surface area contributed by atoms with E-state index in [1.165, 1.54) is 25.3 Å². The van der Waals surface area contributed by atoms with Crippen LogP contribution in [0.3, 0.4) is 0 Å². The zero-order valence-corrected chi connectivity index (χ0v) is 13.6. The van der Waals surface area contributed by atoms with Gasteiger partial charge in [0.2, 0.25) is 0 Å². The van der Waals surface area contributed by atoms with Crippen LogP contribution in [-0.2, 0) is 20.7 Å². The highest BCUT2D eigenvalue weighted by Gasteiger charge is 2.07. The van der Waals surface area contributed by atoms with Crippen LogP contribution >= 0.6 is 11.6 Å². The second-order valence-electron chi connectivity index (χ2n) is 4.86. The molecule has 0 heterocycles. The SMILES string of the molecule is COC(=O)Cc1ccc(OCC(=O)Nc2ccc(F)c(Cl)c2)cc1. The lowest BCUT2D eigenvalue weighted by atomic mass is 10.1. The fourth-order valence-corrected chi connectivity index (χ4v) is 2.04. The van der Waals surface area contributed by atoms with Gasteiger partial charge in [-0.3, -0.25) is 9.59 Å². The van der Waals surface area contributed by atoms with Crippen LogP contribution < -0.4 is 10.1 Å². The van der Waals surface area contributed by atoms with E-state index in [0.717, 1.165) is 5.56 Å². The molecule has 0 aliphatic heterocycles. The molecule has 0 fully saturated rings. The number of carbonyl (C=O) groups is 2. The van der Waals surface area contributed by atoms with E-state index >= 15 is 0 Å². The number of ether oxygens (including phenoxy) is 2. The summed E-state index contributed by atoms with van der Waals surface area (Å²) in [5, 5.41) is 2.47. The molecule has 1 N–H and O–H groups in total. The van der Waals surface area contributed by atoms with Gasteiger partial charge in [-0.05, 0) is 35.9 Å². The van der Waals surface area contributed by atoms with Crippen LogP contribution in [0.5, 0.6) is 5.75 Å². The molecule has 2 aromatic rings. The van der Waals surface area contributed by atoms with Crippen LogP contribution in [0.1, 0.15) is 5.56 Å². The van der Waals surface area contributed by atoms with E-state index in [0.29, 0.717) is 11.4 Å². The van der Waals surface area contributed by atoms with Crippen molar-refractivity contribution in [3.05, 3.63) is 58.9 Å². The first kappa shape index (κ1) is 17.7. The number of carbonyl (C=O) groups excluding carboxylic acids is 2. The van der Waals surface area contributed by atoms with Crippen LogP contribution in [0.2, 0.25) is 5.02 Å². The number of benzene rings is 2. The van der Waals surface area contributed by atoms with Crippen LogP contribution in [0.25, 0.3) is 0 Å². The number of amides is 1. The standard InChI is InChI=1S/C17H15ClFNO4/c1-23-17(22)8-11-2-5-13(6-3-11)24-10-16(21)20-12-4-7-15(19)14(18)9-12/h2-7,9H,8,10H2,1H3,(H,20,21). The van der Waals surface area contributed by atoms with Crippen molar-refractivity contribution in [3.63, 3.8) is 0 Å². The fraction of sp³-hybridized carbons (Fsp3) is 0.176. The number of halogens is 2. The molecule has 0 saturated carbocycles. The van der Waals surface area contributed by atoms with E-state index in [1.54, 1.807) is 24.3 Å². The van der Waals surface area contributed by atoms with Crippen LogP contribution in [0.15, 0.2) is 42.5 Å². The second-order valence-corrected chi connectivity index (χ2v) is 5.27. The summed E-state index contributed by atoms with van der Waals surface area (Å²) in [5.41, 5.74) is 1.16. The summed E-state index contributed by atoms with van der Waals surface area (Å²) in [6.45, 7) is -0.217. The number of nitrogens with one attached hydrogen (secondary N) is 1. The van der Waals surface area contributed by atoms with Crippen molar-refractivity contribution >= 4 is 29.2 Å². The third kappa shape index (κ3) is 5.24. The van der Waals surface area contributed by atoms with Crippen molar-refractivity contribution < 1.29 is 23.5 Å². The quantitative estimate of drug-likeness (QED) is 0.812. The highest BCUT2D eigenvalue weighted by atomic mass is 35.5. The molecule has 0 unspecified atom stereocenters. The van der Waals surface area contributed by atoms with Gasteiger partial charge in [-0.15, -0.1) is 0 Å². The van der Waals surface area contributed by atoms with E-state index < -0.39 is 11.7 Å². The van der Waals surface area contributed by atoms with Crippen molar-refractivity contribution in [1.29, 1.82) is 0 Å². The average molecular weight is 352 g/mol. The predicted octanol–water partition coefficient (Wildman–Crippen LogP) is 3.21. The Morgan fingerprint density at radius 2 is 1.88 bits per heavy atom. The van der Waals surface area contributed by atoms with Gasteiger partial charge in [-0.25, -0.2) is 4.39 Å². The van der Waals surface area contributed by atoms with Gasteiger partial charge in [-0.2, -0.15) is 0 Å². The molecule has 2 rings (SSSR count). The van der Waals surface area contributed by atoms with E-state index in [1.807, 2.05) is 0 Å². The molecular formula is C17H15ClFNO4. The zero-order valence-electron chi connectivity index (χ0n) is 12.8. The molecule has 0 spiro atoms. The molecule has 126 valence electrons. The van der Waals surface area contributed by atoms with E-state index in [-0.39, 0.29) is 24.0 Å². The van der Waals surface area contributed by atoms with Gasteiger partial charge in [0, 0.05) is 5.69 Å². The topological polar surface area (TPSA) is 64.6 Å². The van der Waals surface area contributed by atoms with Crippen molar-refractivity contribution in [2.24, 2.45) is 0 Å². The summed E-state index contributed by atoms with van der Waals surface area (Å²) < 4.78 is 23.0. The second kappa shape index (κ2) is 8.31. The van der Waals surface area contributed by atoms with Gasteiger partial charge in [0.1, 0.15) is 11.6 Å². The Morgan fingerprint density at radius 3 is 2.50 bits per heavy atom. The molecule has 24 heavy (non-hydrogen) atoms. The molecule has 0 aliphatic carbocycles. The number of hydrogen-bond acceptors (Lipinski definition) is 4. The summed E-state index contributed by atoms with van der Waals surface area (Å²) in [6.07, 6.45) is 0.169. The third-order valence-electron chi connectivity index (χ3n) is 3.07. The average Bonchev–Trinajstić information content (AvgIpc) is 2.57. The molecular weight excluding hydrogens is 337 g/mol. The van der Waals surface area contributed by atoms with Crippen LogP contribution in [0.4, 0.5) is 10.1 Å². The monoisotopic (exact) mass is 351 g/mol. The number of hydrogen-bond donors (Lipinski definition) is 1. The van der Waals surface area contributed by atoms with Gasteiger partial charge in [0.25, 0.3) is 5.91 Å². The largest absolute Gasteiger partial charge is 0.484 e. The molecule has 0 aliphatic rings. The number of anilines is 1. The predicted molar refractivity (Wildman–Crippen MR) is 87.7 cm³/mol. The van der Waals surface area contributed by atoms with E-state index in [2.05, 4.69) is 10.1 Å². The fourth-order valence-electron chi connectivity index (χ4n) is 1.86. The Labute approximate surface area is 143 Å². The molecule has 7 heteroatoms. The maximum absolute atomic E-state index is 13.0. The van der Waals surface area contributed by atoms with Gasteiger partial charge >= 0.3 is 5.97 Å². The van der Waals surface area contributed by atoms with Crippen molar-refractivity contribution in [2.45, 2.75) is 6.42 Å². The third-order valence-corrected chi connectivity index (χ3v) is 3.36. The highest BCUT2D eigenvalue weighted by Crippen LogP contribution is 2.19. The van der Waals surface area contributed by atoms with Crippen molar-refractivity contribution in [3.8, 4) is 5.75 Å². The Kier molecular flexibility index (Phi) is 6.14. The Morgan fingerprint density at radius 1 is 1.17 bits per heavy atom. The normalized spacial score (nSPS) is 10.1. The summed E-state index contributed by atoms with van der Waals surface area (Å²) >= 11 is 5.64. The molecule has 0 saturated heterocycles. The van der Waals surface area contributed by atoms with Crippen molar-refractivity contribution in [2.75, 3.05) is 19.0 Å². The Hall–Kier alpha value is -2.60. The van der Waals surface area contributed by atoms with Crippen molar-refractivity contribution in [1.82, 2.24) is 0 Å². The first-order valence-corrected chi connectivity index (χ1v) is 7.39. The molecule has 0 atom stereocenters. The lowest BCUT2D eigenvalue weighted by molar-refractivity contribution is -0.139. The smallest absolute Gasteiger partial charge is 0.309 e. The Bertz CT molecular complexity index is 734. The number of rotatable bonds is 6. The minimum atomic E-state index is -0.557. The van der Waals surface area contributed by atoms with Gasteiger partial charge in [-0.1, -0.05) is 23.7 Å². The minimum absolute atomic E-state index is 0.0742. The summed E-state index contributed by atoms with van der Waals surface area (Å²) in [6, 6.07) is 10.6. The number of methoxy groups -OCH3 is 1. The maximum Gasteiger partial charge on any atom is 0.309 e. The maximum atomic E-state index is 13.0. The first-order valence-electron chi connectivity index (χ1n) is 7.01. The van der Waals surface area contributed by atoms with Crippen LogP contribution in [0, 0.1) is 5.82 Å². The molecule has 0 aromatic heterocycles. The highest BCUT2D eigenvalue weighted by molar-refractivity contribution is 6.31. The van der Waals surface area contributed by atoms with Crippen LogP contribution in [-0.4, -0.2) is 25.6 Å². The molecule has 1 amide bonds. The minimum Gasteiger partial charge on any atom is -0.484 e. The van der Waals surface area contributed by atoms with Gasteiger partial charge in [0.15, 0.2) is 6.61 Å². The summed E-state index contributed by atoms with van der Waals surface area (Å²) in [4.78, 5) is 23.0. The van der Waals surface area contributed by atoms with Gasteiger partial charge in [0.05, 0.1) is 18.6 Å².